The van der Waals surface area contributed by atoms with E-state index in [2.05, 4.69) is 49.9 Å². The number of fused-ring (bicyclic) bond motifs is 4. The minimum absolute atomic E-state index is 0.0769. The second kappa shape index (κ2) is 9.49. The van der Waals surface area contributed by atoms with E-state index in [-0.39, 0.29) is 24.0 Å². The molecule has 2 aromatic carbocycles. The Morgan fingerprint density at radius 2 is 1.79 bits per heavy atom. The van der Waals surface area contributed by atoms with Crippen LogP contribution in [0.3, 0.4) is 0 Å². The summed E-state index contributed by atoms with van der Waals surface area (Å²) in [5.41, 5.74) is 4.86. The molecule has 2 unspecified atom stereocenters. The van der Waals surface area contributed by atoms with Crippen LogP contribution >= 0.6 is 0 Å². The molecule has 1 aliphatic carbocycles. The Kier molecular flexibility index (Phi) is 6.26. The summed E-state index contributed by atoms with van der Waals surface area (Å²) in [5, 5.41) is 0.788. The summed E-state index contributed by atoms with van der Waals surface area (Å²) in [6, 6.07) is 18.3. The zero-order chi connectivity index (χ0) is 26.5. The highest BCUT2D eigenvalue weighted by molar-refractivity contribution is 6.05. The van der Waals surface area contributed by atoms with Gasteiger partial charge in [0.2, 0.25) is 0 Å². The standard InChI is InChI=1S/C32H37N3O3/c1-31(2)21-32(3)14-16-35(27(31)17-32)28(36)20-38-30(37)29-23-11-7-8-12-25(23)33-26-13-15-34(19-24(26)29)18-22-9-5-4-6-10-22/h4-12,27H,13-21H2,1-3H3. The second-order valence-electron chi connectivity index (χ2n) is 12.5. The van der Waals surface area contributed by atoms with Gasteiger partial charge in [-0.1, -0.05) is 69.3 Å². The molecule has 1 saturated carbocycles. The minimum Gasteiger partial charge on any atom is -0.452 e. The van der Waals surface area contributed by atoms with Crippen molar-refractivity contribution in [3.05, 3.63) is 77.0 Å². The molecule has 1 saturated heterocycles. The van der Waals surface area contributed by atoms with Gasteiger partial charge in [-0.05, 0) is 41.7 Å². The molecule has 1 aromatic heterocycles. The number of hydrogen-bond donors (Lipinski definition) is 0. The summed E-state index contributed by atoms with van der Waals surface area (Å²) < 4.78 is 5.79. The molecular weight excluding hydrogens is 474 g/mol. The number of benzene rings is 2. The molecule has 2 bridgehead atoms. The van der Waals surface area contributed by atoms with Gasteiger partial charge < -0.3 is 9.64 Å². The van der Waals surface area contributed by atoms with Gasteiger partial charge in [0.25, 0.3) is 5.91 Å². The Morgan fingerprint density at radius 3 is 2.61 bits per heavy atom. The van der Waals surface area contributed by atoms with Crippen LogP contribution in [0.15, 0.2) is 54.6 Å². The van der Waals surface area contributed by atoms with E-state index in [0.717, 1.165) is 67.5 Å². The monoisotopic (exact) mass is 511 g/mol. The van der Waals surface area contributed by atoms with Crippen LogP contribution in [0.5, 0.6) is 0 Å². The largest absolute Gasteiger partial charge is 0.452 e. The Bertz CT molecular complexity index is 1390. The molecule has 2 fully saturated rings. The fraction of sp³-hybridized carbons (Fsp3) is 0.469. The number of pyridine rings is 1. The van der Waals surface area contributed by atoms with Crippen molar-refractivity contribution in [1.82, 2.24) is 14.8 Å². The summed E-state index contributed by atoms with van der Waals surface area (Å²) >= 11 is 0. The highest BCUT2D eigenvalue weighted by atomic mass is 16.5. The lowest BCUT2D eigenvalue weighted by Crippen LogP contribution is -2.49. The predicted octanol–water partition coefficient (Wildman–Crippen LogP) is 5.38. The van der Waals surface area contributed by atoms with Crippen molar-refractivity contribution < 1.29 is 14.3 Å². The van der Waals surface area contributed by atoms with Crippen LogP contribution in [-0.4, -0.2) is 52.4 Å². The summed E-state index contributed by atoms with van der Waals surface area (Å²) in [6.45, 7) is 9.70. The zero-order valence-corrected chi connectivity index (χ0v) is 22.7. The first kappa shape index (κ1) is 25.1. The van der Waals surface area contributed by atoms with E-state index in [0.29, 0.717) is 17.5 Å². The van der Waals surface area contributed by atoms with Crippen LogP contribution < -0.4 is 0 Å². The molecule has 0 spiro atoms. The third kappa shape index (κ3) is 4.60. The number of carbonyl (C=O) groups is 2. The average molecular weight is 512 g/mol. The number of hydrogen-bond acceptors (Lipinski definition) is 5. The highest BCUT2D eigenvalue weighted by Crippen LogP contribution is 2.55. The summed E-state index contributed by atoms with van der Waals surface area (Å²) in [4.78, 5) is 36.3. The summed E-state index contributed by atoms with van der Waals surface area (Å²) in [5.74, 6) is -0.513. The van der Waals surface area contributed by atoms with E-state index < -0.39 is 5.97 Å². The van der Waals surface area contributed by atoms with Gasteiger partial charge in [-0.15, -0.1) is 0 Å². The number of nitrogens with zero attached hydrogens (tertiary/aromatic N) is 3. The maximum atomic E-state index is 13.7. The van der Waals surface area contributed by atoms with Gasteiger partial charge in [0, 0.05) is 55.3 Å². The van der Waals surface area contributed by atoms with Crippen molar-refractivity contribution in [2.24, 2.45) is 10.8 Å². The average Bonchev–Trinajstić information content (AvgIpc) is 3.09. The van der Waals surface area contributed by atoms with Crippen molar-refractivity contribution >= 4 is 22.8 Å². The molecule has 3 heterocycles. The molecular formula is C32H37N3O3. The van der Waals surface area contributed by atoms with Crippen LogP contribution in [-0.2, 0) is 29.0 Å². The Morgan fingerprint density at radius 1 is 1.03 bits per heavy atom. The van der Waals surface area contributed by atoms with Gasteiger partial charge in [-0.2, -0.15) is 0 Å². The van der Waals surface area contributed by atoms with Crippen LogP contribution in [0.25, 0.3) is 10.9 Å². The van der Waals surface area contributed by atoms with E-state index in [9.17, 15) is 9.59 Å². The fourth-order valence-corrected chi connectivity index (χ4v) is 7.34. The van der Waals surface area contributed by atoms with Crippen molar-refractivity contribution in [3.63, 3.8) is 0 Å². The fourth-order valence-electron chi connectivity index (χ4n) is 7.34. The zero-order valence-electron chi connectivity index (χ0n) is 22.7. The second-order valence-corrected chi connectivity index (χ2v) is 12.5. The third-order valence-electron chi connectivity index (χ3n) is 9.03. The number of piperidine rings is 1. The van der Waals surface area contributed by atoms with Crippen molar-refractivity contribution in [2.45, 2.75) is 65.6 Å². The SMILES string of the molecule is CC12CCN(C(=O)COC(=O)c3c4c(nc5ccccc35)CCN(Cc3ccccc3)C4)C(C1)C(C)(C)C2. The minimum atomic E-state index is -0.428. The maximum Gasteiger partial charge on any atom is 0.339 e. The number of para-hydroxylation sites is 1. The predicted molar refractivity (Wildman–Crippen MR) is 148 cm³/mol. The molecule has 6 nitrogen and oxygen atoms in total. The maximum absolute atomic E-state index is 13.7. The van der Waals surface area contributed by atoms with Gasteiger partial charge in [0.15, 0.2) is 6.61 Å². The van der Waals surface area contributed by atoms with Crippen LogP contribution in [0.2, 0.25) is 0 Å². The number of ether oxygens (including phenoxy) is 1. The first-order valence-electron chi connectivity index (χ1n) is 13.9. The molecule has 3 aliphatic rings. The highest BCUT2D eigenvalue weighted by Gasteiger charge is 2.53. The molecule has 198 valence electrons. The molecule has 0 N–H and O–H groups in total. The Balaban J connectivity index is 1.24. The van der Waals surface area contributed by atoms with Crippen LogP contribution in [0, 0.1) is 10.8 Å². The first-order chi connectivity index (χ1) is 18.2. The van der Waals surface area contributed by atoms with E-state index in [1.54, 1.807) is 0 Å². The van der Waals surface area contributed by atoms with E-state index in [4.69, 9.17) is 9.72 Å². The number of carbonyl (C=O) groups excluding carboxylic acids is 2. The molecule has 0 radical (unpaired) electrons. The number of amides is 1. The van der Waals surface area contributed by atoms with Gasteiger partial charge in [0.05, 0.1) is 11.1 Å². The molecule has 6 heteroatoms. The third-order valence-corrected chi connectivity index (χ3v) is 9.03. The summed E-state index contributed by atoms with van der Waals surface area (Å²) in [7, 11) is 0. The van der Waals surface area contributed by atoms with E-state index in [1.807, 2.05) is 35.2 Å². The molecule has 2 aliphatic heterocycles. The Hall–Kier alpha value is -3.25. The lowest BCUT2D eigenvalue weighted by molar-refractivity contribution is -0.140. The normalized spacial score (nSPS) is 24.3. The molecule has 2 atom stereocenters. The van der Waals surface area contributed by atoms with Crippen molar-refractivity contribution in [3.8, 4) is 0 Å². The lowest BCUT2D eigenvalue weighted by Gasteiger charge is -2.40. The number of esters is 1. The van der Waals surface area contributed by atoms with Crippen LogP contribution in [0.4, 0.5) is 0 Å². The van der Waals surface area contributed by atoms with Crippen molar-refractivity contribution in [1.29, 1.82) is 0 Å². The molecule has 1 amide bonds. The van der Waals surface area contributed by atoms with E-state index in [1.165, 1.54) is 5.56 Å². The van der Waals surface area contributed by atoms with Gasteiger partial charge in [-0.3, -0.25) is 14.7 Å². The quantitative estimate of drug-likeness (QED) is 0.431. The smallest absolute Gasteiger partial charge is 0.339 e. The van der Waals surface area contributed by atoms with Gasteiger partial charge in [-0.25, -0.2) is 4.79 Å². The first-order valence-corrected chi connectivity index (χ1v) is 13.9. The molecule has 3 aromatic rings. The van der Waals surface area contributed by atoms with Gasteiger partial charge in [0.1, 0.15) is 0 Å². The molecule has 6 rings (SSSR count). The number of rotatable bonds is 5. The van der Waals surface area contributed by atoms with Gasteiger partial charge >= 0.3 is 5.97 Å². The van der Waals surface area contributed by atoms with Crippen molar-refractivity contribution in [2.75, 3.05) is 19.7 Å². The summed E-state index contributed by atoms with van der Waals surface area (Å²) in [6.07, 6.45) is 3.93. The number of likely N-dealkylation sites (tertiary alicyclic amines) is 1. The molecule has 38 heavy (non-hydrogen) atoms. The van der Waals surface area contributed by atoms with Crippen LogP contribution in [0.1, 0.15) is 67.2 Å². The topological polar surface area (TPSA) is 62.7 Å². The Labute approximate surface area is 225 Å². The number of aromatic nitrogens is 1. The van der Waals surface area contributed by atoms with E-state index >= 15 is 0 Å². The lowest BCUT2D eigenvalue weighted by atomic mass is 9.81.